The maximum atomic E-state index is 12.6. The highest BCUT2D eigenvalue weighted by Crippen LogP contribution is 2.23. The first-order chi connectivity index (χ1) is 11.9. The lowest BCUT2D eigenvalue weighted by molar-refractivity contribution is -0.139. The number of likely N-dealkylation sites (N-methyl/N-ethyl adjacent to an activating group) is 1. The number of anilines is 1. The van der Waals surface area contributed by atoms with Gasteiger partial charge in [0.15, 0.2) is 6.61 Å². The Morgan fingerprint density at radius 3 is 2.40 bits per heavy atom. The molecule has 0 bridgehead atoms. The number of methoxy groups -OCH3 is 1. The molecule has 0 atom stereocenters. The van der Waals surface area contributed by atoms with Crippen molar-refractivity contribution >= 4 is 17.6 Å². The van der Waals surface area contributed by atoms with E-state index < -0.39 is 12.6 Å². The van der Waals surface area contributed by atoms with Gasteiger partial charge in [0.25, 0.3) is 0 Å². The number of aliphatic carboxylic acids is 1. The smallest absolute Gasteiger partial charge is 0.341 e. The normalized spacial score (nSPS) is 10.2. The van der Waals surface area contributed by atoms with Crippen molar-refractivity contribution in [1.82, 2.24) is 0 Å². The summed E-state index contributed by atoms with van der Waals surface area (Å²) < 4.78 is 10.4. The average molecular weight is 343 g/mol. The summed E-state index contributed by atoms with van der Waals surface area (Å²) in [5.41, 5.74) is 2.59. The van der Waals surface area contributed by atoms with Crippen molar-refractivity contribution in [2.24, 2.45) is 0 Å². The molecule has 0 spiro atoms. The Morgan fingerprint density at radius 1 is 1.12 bits per heavy atom. The number of carboxylic acid groups (broad SMARTS) is 1. The van der Waals surface area contributed by atoms with Crippen molar-refractivity contribution in [3.8, 4) is 11.5 Å². The summed E-state index contributed by atoms with van der Waals surface area (Å²) in [6.07, 6.45) is 0.221. The SMILES string of the molecule is COc1ccc(C)cc1CC(=O)N(C)c1ccc(OCC(=O)O)cc1. The first-order valence-corrected chi connectivity index (χ1v) is 7.75. The number of ether oxygens (including phenoxy) is 2. The van der Waals surface area contributed by atoms with Crippen LogP contribution >= 0.6 is 0 Å². The van der Waals surface area contributed by atoms with Crippen molar-refractivity contribution in [3.63, 3.8) is 0 Å². The van der Waals surface area contributed by atoms with Gasteiger partial charge >= 0.3 is 5.97 Å². The van der Waals surface area contributed by atoms with Crippen molar-refractivity contribution in [2.75, 3.05) is 25.7 Å². The second kappa shape index (κ2) is 8.19. The van der Waals surface area contributed by atoms with E-state index in [1.54, 1.807) is 43.3 Å². The topological polar surface area (TPSA) is 76.1 Å². The number of benzene rings is 2. The number of nitrogens with zero attached hydrogens (tertiary/aromatic N) is 1. The van der Waals surface area contributed by atoms with E-state index in [1.165, 1.54) is 0 Å². The van der Waals surface area contributed by atoms with Gasteiger partial charge in [0, 0.05) is 18.3 Å². The minimum Gasteiger partial charge on any atom is -0.496 e. The van der Waals surface area contributed by atoms with Crippen LogP contribution in [-0.2, 0) is 16.0 Å². The van der Waals surface area contributed by atoms with Crippen molar-refractivity contribution < 1.29 is 24.2 Å². The number of carboxylic acids is 1. The van der Waals surface area contributed by atoms with E-state index in [2.05, 4.69) is 0 Å². The maximum absolute atomic E-state index is 12.6. The summed E-state index contributed by atoms with van der Waals surface area (Å²) >= 11 is 0. The molecule has 2 rings (SSSR count). The number of amides is 1. The Bertz CT molecular complexity index is 755. The van der Waals surface area contributed by atoms with Crippen LogP contribution in [0.1, 0.15) is 11.1 Å². The van der Waals surface area contributed by atoms with Gasteiger partial charge in [0.1, 0.15) is 11.5 Å². The minimum atomic E-state index is -1.04. The molecule has 0 fully saturated rings. The Balaban J connectivity index is 2.07. The molecule has 0 aliphatic rings. The van der Waals surface area contributed by atoms with E-state index >= 15 is 0 Å². The predicted octanol–water partition coefficient (Wildman–Crippen LogP) is 2.67. The van der Waals surface area contributed by atoms with Gasteiger partial charge in [-0.2, -0.15) is 0 Å². The Morgan fingerprint density at radius 2 is 1.80 bits per heavy atom. The molecule has 0 unspecified atom stereocenters. The van der Waals surface area contributed by atoms with E-state index in [0.29, 0.717) is 17.2 Å². The van der Waals surface area contributed by atoms with Crippen LogP contribution in [0.25, 0.3) is 0 Å². The lowest BCUT2D eigenvalue weighted by Gasteiger charge is -2.19. The van der Waals surface area contributed by atoms with Gasteiger partial charge in [-0.1, -0.05) is 17.7 Å². The molecule has 1 amide bonds. The molecule has 0 aliphatic carbocycles. The number of hydrogen-bond donors (Lipinski definition) is 1. The van der Waals surface area contributed by atoms with Crippen LogP contribution in [0.5, 0.6) is 11.5 Å². The molecule has 0 aromatic heterocycles. The molecule has 6 nitrogen and oxygen atoms in total. The number of aryl methyl sites for hydroxylation is 1. The Hall–Kier alpha value is -3.02. The number of rotatable bonds is 7. The van der Waals surface area contributed by atoms with Crippen LogP contribution in [0.4, 0.5) is 5.69 Å². The van der Waals surface area contributed by atoms with Crippen molar-refractivity contribution in [1.29, 1.82) is 0 Å². The maximum Gasteiger partial charge on any atom is 0.341 e. The second-order valence-corrected chi connectivity index (χ2v) is 5.62. The first kappa shape index (κ1) is 18.3. The fourth-order valence-corrected chi connectivity index (χ4v) is 2.38. The molecule has 2 aromatic rings. The van der Waals surface area contributed by atoms with E-state index in [-0.39, 0.29) is 12.3 Å². The highest BCUT2D eigenvalue weighted by atomic mass is 16.5. The molecule has 25 heavy (non-hydrogen) atoms. The Labute approximate surface area is 146 Å². The van der Waals surface area contributed by atoms with Gasteiger partial charge < -0.3 is 19.5 Å². The fourth-order valence-electron chi connectivity index (χ4n) is 2.38. The van der Waals surface area contributed by atoms with Crippen molar-refractivity contribution in [2.45, 2.75) is 13.3 Å². The summed E-state index contributed by atoms with van der Waals surface area (Å²) in [6.45, 7) is 1.56. The van der Waals surface area contributed by atoms with Crippen LogP contribution in [-0.4, -0.2) is 37.7 Å². The summed E-state index contributed by atoms with van der Waals surface area (Å²) in [5, 5.41) is 8.60. The number of carbonyl (C=O) groups excluding carboxylic acids is 1. The van der Waals surface area contributed by atoms with Crippen LogP contribution in [0.2, 0.25) is 0 Å². The third kappa shape index (κ3) is 4.97. The summed E-state index contributed by atoms with van der Waals surface area (Å²) in [6, 6.07) is 12.4. The van der Waals surface area contributed by atoms with E-state index in [1.807, 2.05) is 25.1 Å². The van der Waals surface area contributed by atoms with Gasteiger partial charge in [-0.3, -0.25) is 4.79 Å². The molecular weight excluding hydrogens is 322 g/mol. The zero-order chi connectivity index (χ0) is 18.4. The zero-order valence-corrected chi connectivity index (χ0v) is 14.5. The molecule has 6 heteroatoms. The lowest BCUT2D eigenvalue weighted by Crippen LogP contribution is -2.28. The lowest BCUT2D eigenvalue weighted by atomic mass is 10.1. The highest BCUT2D eigenvalue weighted by molar-refractivity contribution is 5.94. The molecule has 0 saturated heterocycles. The molecule has 1 N–H and O–H groups in total. The van der Waals surface area contributed by atoms with Crippen LogP contribution < -0.4 is 14.4 Å². The second-order valence-electron chi connectivity index (χ2n) is 5.62. The van der Waals surface area contributed by atoms with E-state index in [4.69, 9.17) is 14.6 Å². The molecule has 0 saturated carbocycles. The van der Waals surface area contributed by atoms with E-state index in [0.717, 1.165) is 11.1 Å². The van der Waals surface area contributed by atoms with Gasteiger partial charge in [0.05, 0.1) is 13.5 Å². The number of carbonyl (C=O) groups is 2. The molecule has 0 heterocycles. The minimum absolute atomic E-state index is 0.0805. The van der Waals surface area contributed by atoms with Gasteiger partial charge in [0.2, 0.25) is 5.91 Å². The largest absolute Gasteiger partial charge is 0.496 e. The highest BCUT2D eigenvalue weighted by Gasteiger charge is 2.15. The van der Waals surface area contributed by atoms with Crippen LogP contribution in [0, 0.1) is 6.92 Å². The summed E-state index contributed by atoms with van der Waals surface area (Å²) in [4.78, 5) is 24.6. The van der Waals surface area contributed by atoms with E-state index in [9.17, 15) is 9.59 Å². The fraction of sp³-hybridized carbons (Fsp3) is 0.263. The summed E-state index contributed by atoms with van der Waals surface area (Å²) in [5.74, 6) is 0.00343. The third-order valence-corrected chi connectivity index (χ3v) is 3.74. The van der Waals surface area contributed by atoms with Gasteiger partial charge in [-0.05, 0) is 37.3 Å². The first-order valence-electron chi connectivity index (χ1n) is 7.75. The number of hydrogen-bond acceptors (Lipinski definition) is 4. The van der Waals surface area contributed by atoms with Crippen LogP contribution in [0.15, 0.2) is 42.5 Å². The molecule has 0 radical (unpaired) electrons. The summed E-state index contributed by atoms with van der Waals surface area (Å²) in [7, 11) is 3.27. The molecule has 132 valence electrons. The standard InChI is InChI=1S/C19H21NO5/c1-13-4-9-17(24-3)14(10-13)11-18(21)20(2)15-5-7-16(8-6-15)25-12-19(22)23/h4-10H,11-12H2,1-3H3,(H,22,23). The average Bonchev–Trinajstić information content (AvgIpc) is 2.60. The third-order valence-electron chi connectivity index (χ3n) is 3.74. The van der Waals surface area contributed by atoms with Crippen LogP contribution in [0.3, 0.4) is 0 Å². The molecule has 2 aromatic carbocycles. The zero-order valence-electron chi connectivity index (χ0n) is 14.5. The predicted molar refractivity (Wildman–Crippen MR) is 94.4 cm³/mol. The quantitative estimate of drug-likeness (QED) is 0.836. The molecular formula is C19H21NO5. The monoisotopic (exact) mass is 343 g/mol. The van der Waals surface area contributed by atoms with Crippen molar-refractivity contribution in [3.05, 3.63) is 53.6 Å². The Kier molecular flexibility index (Phi) is 6.00. The van der Waals surface area contributed by atoms with Gasteiger partial charge in [-0.15, -0.1) is 0 Å². The van der Waals surface area contributed by atoms with Gasteiger partial charge in [-0.25, -0.2) is 4.79 Å². The molecule has 0 aliphatic heterocycles.